The van der Waals surface area contributed by atoms with Crippen LogP contribution in [0.3, 0.4) is 0 Å². The molecule has 4 nitrogen and oxygen atoms in total. The number of aliphatic carboxylic acids is 1. The van der Waals surface area contributed by atoms with Crippen LogP contribution in [0.5, 0.6) is 0 Å². The second kappa shape index (κ2) is 5.15. The molecule has 0 aromatic heterocycles. The Bertz CT molecular complexity index is 251. The molecule has 0 aromatic rings. The zero-order chi connectivity index (χ0) is 12.3. The van der Waals surface area contributed by atoms with E-state index in [2.05, 4.69) is 4.90 Å². The maximum Gasteiger partial charge on any atom is 0.307 e. The lowest BCUT2D eigenvalue weighted by atomic mass is 9.90. The number of carboxylic acid groups (broad SMARTS) is 1. The molecule has 0 radical (unpaired) electrons. The molecule has 1 fully saturated rings. The lowest BCUT2D eigenvalue weighted by Gasteiger charge is -2.37. The predicted octanol–water partition coefficient (Wildman–Crippen LogP) is 1.19. The van der Waals surface area contributed by atoms with Crippen molar-refractivity contribution in [1.29, 1.82) is 0 Å². The van der Waals surface area contributed by atoms with Gasteiger partial charge in [-0.3, -0.25) is 9.69 Å². The van der Waals surface area contributed by atoms with Crippen LogP contribution >= 0.6 is 0 Å². The molecule has 2 atom stereocenters. The van der Waals surface area contributed by atoms with Gasteiger partial charge in [-0.05, 0) is 32.2 Å². The van der Waals surface area contributed by atoms with E-state index in [0.29, 0.717) is 13.1 Å². The number of hydrogen-bond donors (Lipinski definition) is 2. The van der Waals surface area contributed by atoms with Gasteiger partial charge in [0.15, 0.2) is 0 Å². The van der Waals surface area contributed by atoms with E-state index in [1.807, 2.05) is 20.8 Å². The van der Waals surface area contributed by atoms with Crippen LogP contribution < -0.4 is 0 Å². The third-order valence-electron chi connectivity index (χ3n) is 3.64. The van der Waals surface area contributed by atoms with Crippen LogP contribution in [-0.4, -0.2) is 46.3 Å². The second-order valence-corrected chi connectivity index (χ2v) is 5.42. The van der Waals surface area contributed by atoms with Gasteiger partial charge >= 0.3 is 5.97 Å². The van der Waals surface area contributed by atoms with Gasteiger partial charge in [0.25, 0.3) is 0 Å². The Balaban J connectivity index is 2.52. The van der Waals surface area contributed by atoms with E-state index in [1.54, 1.807) is 0 Å². The highest BCUT2D eigenvalue weighted by atomic mass is 16.4. The summed E-state index contributed by atoms with van der Waals surface area (Å²) in [6.07, 6.45) is 1.67. The lowest BCUT2D eigenvalue weighted by molar-refractivity contribution is -0.144. The molecule has 1 heterocycles. The lowest BCUT2D eigenvalue weighted by Crippen LogP contribution is -2.48. The Morgan fingerprint density at radius 1 is 1.56 bits per heavy atom. The Labute approximate surface area is 97.3 Å². The van der Waals surface area contributed by atoms with E-state index < -0.39 is 11.6 Å². The van der Waals surface area contributed by atoms with E-state index in [1.165, 1.54) is 0 Å². The molecule has 1 rings (SSSR count). The van der Waals surface area contributed by atoms with Gasteiger partial charge in [0.2, 0.25) is 0 Å². The number of rotatable bonds is 4. The molecule has 0 saturated carbocycles. The van der Waals surface area contributed by atoms with Crippen molar-refractivity contribution in [1.82, 2.24) is 4.90 Å². The maximum atomic E-state index is 10.9. The molecule has 16 heavy (non-hydrogen) atoms. The summed E-state index contributed by atoms with van der Waals surface area (Å²) in [4.78, 5) is 13.0. The van der Waals surface area contributed by atoms with Crippen LogP contribution in [0.4, 0.5) is 0 Å². The van der Waals surface area contributed by atoms with Crippen LogP contribution in [0.15, 0.2) is 0 Å². The number of β-amino-alcohol motifs (C(OH)–C–C–N with tert-alkyl or cyclic N) is 1. The first kappa shape index (κ1) is 13.5. The highest BCUT2D eigenvalue weighted by molar-refractivity contribution is 5.70. The first-order valence-electron chi connectivity index (χ1n) is 6.00. The summed E-state index contributed by atoms with van der Waals surface area (Å²) >= 11 is 0. The van der Waals surface area contributed by atoms with Crippen molar-refractivity contribution in [3.8, 4) is 0 Å². The van der Waals surface area contributed by atoms with E-state index in [9.17, 15) is 9.90 Å². The SMILES string of the molecule is CC(C)C(C)(O)CN1CCCC(C(=O)O)C1. The predicted molar refractivity (Wildman–Crippen MR) is 62.3 cm³/mol. The third kappa shape index (κ3) is 3.46. The van der Waals surface area contributed by atoms with Crippen molar-refractivity contribution >= 4 is 5.97 Å². The minimum Gasteiger partial charge on any atom is -0.481 e. The van der Waals surface area contributed by atoms with E-state index in [-0.39, 0.29) is 11.8 Å². The van der Waals surface area contributed by atoms with Crippen molar-refractivity contribution in [3.63, 3.8) is 0 Å². The second-order valence-electron chi connectivity index (χ2n) is 5.42. The van der Waals surface area contributed by atoms with Crippen LogP contribution in [0, 0.1) is 11.8 Å². The van der Waals surface area contributed by atoms with Gasteiger partial charge in [-0.2, -0.15) is 0 Å². The van der Waals surface area contributed by atoms with Gasteiger partial charge in [0.05, 0.1) is 11.5 Å². The summed E-state index contributed by atoms with van der Waals surface area (Å²) in [5.74, 6) is -0.802. The fourth-order valence-electron chi connectivity index (χ4n) is 2.04. The standard InChI is InChI=1S/C12H23NO3/c1-9(2)12(3,16)8-13-6-4-5-10(7-13)11(14)15/h9-10,16H,4-8H2,1-3H3,(H,14,15). The number of hydrogen-bond acceptors (Lipinski definition) is 3. The monoisotopic (exact) mass is 229 g/mol. The summed E-state index contributed by atoms with van der Waals surface area (Å²) < 4.78 is 0. The summed E-state index contributed by atoms with van der Waals surface area (Å²) in [7, 11) is 0. The molecular formula is C12H23NO3. The highest BCUT2D eigenvalue weighted by Gasteiger charge is 2.32. The smallest absolute Gasteiger partial charge is 0.307 e. The molecule has 2 N–H and O–H groups in total. The van der Waals surface area contributed by atoms with Crippen molar-refractivity contribution < 1.29 is 15.0 Å². The van der Waals surface area contributed by atoms with E-state index in [4.69, 9.17) is 5.11 Å². The number of likely N-dealkylation sites (tertiary alicyclic amines) is 1. The van der Waals surface area contributed by atoms with Gasteiger partial charge in [-0.15, -0.1) is 0 Å². The van der Waals surface area contributed by atoms with E-state index in [0.717, 1.165) is 19.4 Å². The molecule has 1 aliphatic rings. The molecule has 4 heteroatoms. The molecule has 0 spiro atoms. The topological polar surface area (TPSA) is 60.8 Å². The Kier molecular flexibility index (Phi) is 4.33. The molecule has 1 aliphatic heterocycles. The minimum absolute atomic E-state index is 0.178. The van der Waals surface area contributed by atoms with Gasteiger partial charge in [-0.1, -0.05) is 13.8 Å². The Hall–Kier alpha value is -0.610. The molecule has 0 bridgehead atoms. The van der Waals surface area contributed by atoms with Crippen LogP contribution in [-0.2, 0) is 4.79 Å². The van der Waals surface area contributed by atoms with Gasteiger partial charge in [0.1, 0.15) is 0 Å². The number of carbonyl (C=O) groups is 1. The first-order chi connectivity index (χ1) is 7.33. The summed E-state index contributed by atoms with van der Waals surface area (Å²) in [6.45, 7) is 7.82. The third-order valence-corrected chi connectivity index (χ3v) is 3.64. The number of aliphatic hydroxyl groups is 1. The van der Waals surface area contributed by atoms with Crippen molar-refractivity contribution in [2.75, 3.05) is 19.6 Å². The van der Waals surface area contributed by atoms with Crippen LogP contribution in [0.1, 0.15) is 33.6 Å². The largest absolute Gasteiger partial charge is 0.481 e. The number of carboxylic acids is 1. The van der Waals surface area contributed by atoms with Gasteiger partial charge in [-0.25, -0.2) is 0 Å². The average Bonchev–Trinajstić information content (AvgIpc) is 2.17. The normalized spacial score (nSPS) is 26.7. The van der Waals surface area contributed by atoms with Crippen molar-refractivity contribution in [3.05, 3.63) is 0 Å². The van der Waals surface area contributed by atoms with E-state index >= 15 is 0 Å². The zero-order valence-electron chi connectivity index (χ0n) is 10.4. The van der Waals surface area contributed by atoms with Crippen LogP contribution in [0.25, 0.3) is 0 Å². The molecule has 0 amide bonds. The number of nitrogens with zero attached hydrogens (tertiary/aromatic N) is 1. The molecule has 0 aromatic carbocycles. The maximum absolute atomic E-state index is 10.9. The quantitative estimate of drug-likeness (QED) is 0.760. The minimum atomic E-state index is -0.736. The van der Waals surface area contributed by atoms with Crippen molar-refractivity contribution in [2.45, 2.75) is 39.2 Å². The first-order valence-corrected chi connectivity index (χ1v) is 6.00. The average molecular weight is 229 g/mol. The molecule has 0 aliphatic carbocycles. The highest BCUT2D eigenvalue weighted by Crippen LogP contribution is 2.22. The fourth-order valence-corrected chi connectivity index (χ4v) is 2.04. The summed E-state index contributed by atoms with van der Waals surface area (Å²) in [5.41, 5.74) is -0.736. The molecule has 94 valence electrons. The Morgan fingerprint density at radius 3 is 2.69 bits per heavy atom. The fraction of sp³-hybridized carbons (Fsp3) is 0.917. The molecule has 2 unspecified atom stereocenters. The summed E-state index contributed by atoms with van der Waals surface area (Å²) in [5, 5.41) is 19.2. The van der Waals surface area contributed by atoms with Gasteiger partial charge < -0.3 is 10.2 Å². The number of piperidine rings is 1. The van der Waals surface area contributed by atoms with Gasteiger partial charge in [0, 0.05) is 13.1 Å². The molecule has 1 saturated heterocycles. The summed E-state index contributed by atoms with van der Waals surface area (Å²) in [6, 6.07) is 0. The molecular weight excluding hydrogens is 206 g/mol. The Morgan fingerprint density at radius 2 is 2.19 bits per heavy atom. The zero-order valence-corrected chi connectivity index (χ0v) is 10.4. The van der Waals surface area contributed by atoms with Crippen LogP contribution in [0.2, 0.25) is 0 Å². The van der Waals surface area contributed by atoms with Crippen molar-refractivity contribution in [2.24, 2.45) is 11.8 Å².